The third-order valence-electron chi connectivity index (χ3n) is 4.51. The van der Waals surface area contributed by atoms with Crippen LogP contribution in [0.15, 0.2) is 42.7 Å². The van der Waals surface area contributed by atoms with E-state index in [1.165, 1.54) is 18.4 Å². The summed E-state index contributed by atoms with van der Waals surface area (Å²) in [6, 6.07) is 10.8. The van der Waals surface area contributed by atoms with Gasteiger partial charge in [0.05, 0.1) is 11.4 Å². The lowest BCUT2D eigenvalue weighted by molar-refractivity contribution is 0.145. The zero-order chi connectivity index (χ0) is 14.0. The Morgan fingerprint density at radius 1 is 1.15 bits per heavy atom. The Morgan fingerprint density at radius 3 is 2.65 bits per heavy atom. The first-order valence-corrected chi connectivity index (χ1v) is 7.27. The second-order valence-corrected chi connectivity index (χ2v) is 5.75. The summed E-state index contributed by atoms with van der Waals surface area (Å²) in [4.78, 5) is 11.4. The summed E-state index contributed by atoms with van der Waals surface area (Å²) in [5.74, 6) is 0. The van der Waals surface area contributed by atoms with E-state index in [9.17, 15) is 0 Å². The van der Waals surface area contributed by atoms with Gasteiger partial charge in [-0.2, -0.15) is 0 Å². The van der Waals surface area contributed by atoms with E-state index in [2.05, 4.69) is 52.1 Å². The molecular weight excluding hydrogens is 246 g/mol. The highest BCUT2D eigenvalue weighted by atomic mass is 15.2. The maximum absolute atomic E-state index is 4.50. The maximum atomic E-state index is 4.50. The Hall–Kier alpha value is -1.74. The molecular formula is C17H21N3. The van der Waals surface area contributed by atoms with Crippen LogP contribution in [-0.2, 0) is 12.1 Å². The summed E-state index contributed by atoms with van der Waals surface area (Å²) < 4.78 is 0. The molecule has 1 aromatic heterocycles. The molecule has 1 saturated heterocycles. The average Bonchev–Trinajstić information content (AvgIpc) is 2.85. The number of aryl methyl sites for hydroxylation is 1. The molecule has 0 spiro atoms. The molecule has 0 radical (unpaired) electrons. The van der Waals surface area contributed by atoms with Gasteiger partial charge in [-0.1, -0.05) is 30.3 Å². The highest BCUT2D eigenvalue weighted by Gasteiger charge is 2.38. The number of hydrogen-bond donors (Lipinski definition) is 0. The van der Waals surface area contributed by atoms with Crippen molar-refractivity contribution in [2.75, 3.05) is 6.54 Å². The molecule has 1 fully saturated rings. The molecule has 0 saturated carbocycles. The summed E-state index contributed by atoms with van der Waals surface area (Å²) in [6.45, 7) is 6.39. The van der Waals surface area contributed by atoms with Crippen molar-refractivity contribution in [3.8, 4) is 0 Å². The number of nitrogens with zero attached hydrogens (tertiary/aromatic N) is 3. The molecule has 20 heavy (non-hydrogen) atoms. The van der Waals surface area contributed by atoms with Crippen molar-refractivity contribution >= 4 is 0 Å². The lowest BCUT2D eigenvalue weighted by Gasteiger charge is -2.35. The maximum Gasteiger partial charge on any atom is 0.0756 e. The molecule has 1 atom stereocenters. The zero-order valence-corrected chi connectivity index (χ0v) is 12.2. The molecule has 0 amide bonds. The van der Waals surface area contributed by atoms with Crippen LogP contribution in [0.25, 0.3) is 0 Å². The van der Waals surface area contributed by atoms with Gasteiger partial charge in [-0.3, -0.25) is 14.9 Å². The Bertz CT molecular complexity index is 582. The standard InChI is InChI=1S/C17H21N3/c1-14-16(19-11-10-18-14)13-20-12-6-9-17(20,2)15-7-4-3-5-8-15/h3-5,7-8,10-11H,6,9,12-13H2,1-2H3. The van der Waals surface area contributed by atoms with Crippen molar-refractivity contribution in [2.45, 2.75) is 38.8 Å². The van der Waals surface area contributed by atoms with Gasteiger partial charge in [-0.05, 0) is 38.8 Å². The Morgan fingerprint density at radius 2 is 1.90 bits per heavy atom. The Kier molecular flexibility index (Phi) is 3.53. The predicted octanol–water partition coefficient (Wildman–Crippen LogP) is 3.30. The van der Waals surface area contributed by atoms with Crippen LogP contribution in [0.2, 0.25) is 0 Å². The molecule has 1 aliphatic rings. The number of rotatable bonds is 3. The highest BCUT2D eigenvalue weighted by Crippen LogP contribution is 2.39. The molecule has 3 rings (SSSR count). The van der Waals surface area contributed by atoms with Gasteiger partial charge in [-0.15, -0.1) is 0 Å². The lowest BCUT2D eigenvalue weighted by Crippen LogP contribution is -2.38. The number of hydrogen-bond acceptors (Lipinski definition) is 3. The first-order chi connectivity index (χ1) is 9.70. The summed E-state index contributed by atoms with van der Waals surface area (Å²) in [6.07, 6.45) is 6.00. The van der Waals surface area contributed by atoms with Crippen molar-refractivity contribution in [3.63, 3.8) is 0 Å². The predicted molar refractivity (Wildman–Crippen MR) is 80.2 cm³/mol. The third-order valence-corrected chi connectivity index (χ3v) is 4.51. The molecule has 2 heterocycles. The molecule has 0 N–H and O–H groups in total. The van der Waals surface area contributed by atoms with E-state index >= 15 is 0 Å². The SMILES string of the molecule is Cc1nccnc1CN1CCCC1(C)c1ccccc1. The van der Waals surface area contributed by atoms with Crippen molar-refractivity contribution in [2.24, 2.45) is 0 Å². The second kappa shape index (κ2) is 5.33. The molecule has 0 aliphatic carbocycles. The zero-order valence-electron chi connectivity index (χ0n) is 12.2. The van der Waals surface area contributed by atoms with Crippen molar-refractivity contribution in [1.82, 2.24) is 14.9 Å². The van der Waals surface area contributed by atoms with E-state index in [1.807, 2.05) is 6.92 Å². The van der Waals surface area contributed by atoms with Crippen LogP contribution in [0, 0.1) is 6.92 Å². The fourth-order valence-electron chi connectivity index (χ4n) is 3.17. The van der Waals surface area contributed by atoms with Crippen LogP contribution in [0.5, 0.6) is 0 Å². The number of likely N-dealkylation sites (tertiary alicyclic amines) is 1. The molecule has 1 unspecified atom stereocenters. The molecule has 3 nitrogen and oxygen atoms in total. The summed E-state index contributed by atoms with van der Waals surface area (Å²) in [7, 11) is 0. The fourth-order valence-corrected chi connectivity index (χ4v) is 3.17. The fraction of sp³-hybridized carbons (Fsp3) is 0.412. The highest BCUT2D eigenvalue weighted by molar-refractivity contribution is 5.25. The van der Waals surface area contributed by atoms with E-state index in [4.69, 9.17) is 0 Å². The van der Waals surface area contributed by atoms with E-state index in [1.54, 1.807) is 12.4 Å². The van der Waals surface area contributed by atoms with E-state index in [0.29, 0.717) is 0 Å². The van der Waals surface area contributed by atoms with Crippen LogP contribution in [-0.4, -0.2) is 21.4 Å². The van der Waals surface area contributed by atoms with E-state index < -0.39 is 0 Å². The normalized spacial score (nSPS) is 23.1. The van der Waals surface area contributed by atoms with Crippen molar-refractivity contribution in [1.29, 1.82) is 0 Å². The Labute approximate surface area is 120 Å². The summed E-state index contributed by atoms with van der Waals surface area (Å²) >= 11 is 0. The largest absolute Gasteiger partial charge is 0.288 e. The van der Waals surface area contributed by atoms with Crippen LogP contribution >= 0.6 is 0 Å². The molecule has 104 valence electrons. The molecule has 1 aromatic carbocycles. The van der Waals surface area contributed by atoms with Gasteiger partial charge in [0.25, 0.3) is 0 Å². The van der Waals surface area contributed by atoms with Crippen molar-refractivity contribution in [3.05, 3.63) is 59.7 Å². The van der Waals surface area contributed by atoms with Gasteiger partial charge < -0.3 is 0 Å². The molecule has 3 heteroatoms. The third kappa shape index (κ3) is 2.34. The van der Waals surface area contributed by atoms with Crippen LogP contribution < -0.4 is 0 Å². The van der Waals surface area contributed by atoms with Gasteiger partial charge in [0, 0.05) is 24.5 Å². The molecule has 2 aromatic rings. The van der Waals surface area contributed by atoms with Gasteiger partial charge in [-0.25, -0.2) is 0 Å². The van der Waals surface area contributed by atoms with Crippen LogP contribution in [0.4, 0.5) is 0 Å². The lowest BCUT2D eigenvalue weighted by atomic mass is 9.89. The minimum Gasteiger partial charge on any atom is -0.288 e. The first kappa shape index (κ1) is 13.3. The minimum absolute atomic E-state index is 0.116. The van der Waals surface area contributed by atoms with Crippen LogP contribution in [0.1, 0.15) is 36.7 Å². The van der Waals surface area contributed by atoms with E-state index in [0.717, 1.165) is 24.5 Å². The van der Waals surface area contributed by atoms with Gasteiger partial charge in [0.2, 0.25) is 0 Å². The van der Waals surface area contributed by atoms with E-state index in [-0.39, 0.29) is 5.54 Å². The van der Waals surface area contributed by atoms with Gasteiger partial charge >= 0.3 is 0 Å². The molecule has 0 bridgehead atoms. The van der Waals surface area contributed by atoms with Gasteiger partial charge in [0.1, 0.15) is 0 Å². The quantitative estimate of drug-likeness (QED) is 0.854. The topological polar surface area (TPSA) is 29.0 Å². The monoisotopic (exact) mass is 267 g/mol. The Balaban J connectivity index is 1.88. The minimum atomic E-state index is 0.116. The summed E-state index contributed by atoms with van der Waals surface area (Å²) in [5.41, 5.74) is 3.65. The molecule has 1 aliphatic heterocycles. The summed E-state index contributed by atoms with van der Waals surface area (Å²) in [5, 5.41) is 0. The average molecular weight is 267 g/mol. The second-order valence-electron chi connectivity index (χ2n) is 5.75. The van der Waals surface area contributed by atoms with Crippen LogP contribution in [0.3, 0.4) is 0 Å². The van der Waals surface area contributed by atoms with Gasteiger partial charge in [0.15, 0.2) is 0 Å². The smallest absolute Gasteiger partial charge is 0.0756 e. The number of benzene rings is 1. The van der Waals surface area contributed by atoms with Crippen molar-refractivity contribution < 1.29 is 0 Å². The first-order valence-electron chi connectivity index (χ1n) is 7.27. The number of aromatic nitrogens is 2.